The molecule has 4 heteroatoms. The summed E-state index contributed by atoms with van der Waals surface area (Å²) in [7, 11) is 1.45. The molecule has 0 saturated heterocycles. The Labute approximate surface area is 110 Å². The molecule has 0 aliphatic rings. The highest BCUT2D eigenvalue weighted by Crippen LogP contribution is 2.24. The molecule has 1 unspecified atom stereocenters. The van der Waals surface area contributed by atoms with Crippen molar-refractivity contribution < 1.29 is 9.13 Å². The Bertz CT molecular complexity index is 499. The quantitative estimate of drug-likeness (QED) is 0.897. The van der Waals surface area contributed by atoms with Crippen LogP contribution in [-0.2, 0) is 6.42 Å². The van der Waals surface area contributed by atoms with Gasteiger partial charge in [0.15, 0.2) is 11.6 Å². The van der Waals surface area contributed by atoms with Gasteiger partial charge in [0.25, 0.3) is 0 Å². The van der Waals surface area contributed by atoms with E-state index in [1.165, 1.54) is 18.1 Å². The van der Waals surface area contributed by atoms with Crippen molar-refractivity contribution >= 4 is 11.3 Å². The summed E-state index contributed by atoms with van der Waals surface area (Å²) in [5.41, 5.74) is 6.88. The lowest BCUT2D eigenvalue weighted by Gasteiger charge is -2.12. The molecule has 0 fully saturated rings. The summed E-state index contributed by atoms with van der Waals surface area (Å²) in [6.45, 7) is 0. The molecule has 0 saturated carbocycles. The van der Waals surface area contributed by atoms with Crippen LogP contribution in [0.25, 0.3) is 0 Å². The fourth-order valence-electron chi connectivity index (χ4n) is 1.83. The Kier molecular flexibility index (Phi) is 4.33. The zero-order chi connectivity index (χ0) is 13.0. The second-order valence-corrected chi connectivity index (χ2v) is 5.15. The van der Waals surface area contributed by atoms with E-state index in [-0.39, 0.29) is 17.6 Å². The average Bonchev–Trinajstić information content (AvgIpc) is 2.89. The van der Waals surface area contributed by atoms with Gasteiger partial charge in [0.05, 0.1) is 7.11 Å². The number of nitrogens with two attached hydrogens (primary N) is 1. The van der Waals surface area contributed by atoms with Gasteiger partial charge in [-0.25, -0.2) is 4.39 Å². The van der Waals surface area contributed by atoms with Gasteiger partial charge in [0.1, 0.15) is 0 Å². The van der Waals surface area contributed by atoms with Crippen LogP contribution >= 0.6 is 11.3 Å². The molecule has 1 aromatic carbocycles. The van der Waals surface area contributed by atoms with Gasteiger partial charge in [-0.1, -0.05) is 12.1 Å². The molecule has 0 radical (unpaired) electrons. The third kappa shape index (κ3) is 3.09. The Morgan fingerprint density at radius 1 is 1.39 bits per heavy atom. The predicted molar refractivity (Wildman–Crippen MR) is 72.5 cm³/mol. The minimum atomic E-state index is -0.360. The minimum Gasteiger partial charge on any atom is -0.494 e. The Hall–Kier alpha value is -1.39. The van der Waals surface area contributed by atoms with E-state index in [0.29, 0.717) is 0 Å². The maximum absolute atomic E-state index is 13.5. The fourth-order valence-corrected chi connectivity index (χ4v) is 2.56. The van der Waals surface area contributed by atoms with Crippen LogP contribution in [0.4, 0.5) is 4.39 Å². The van der Waals surface area contributed by atoms with Crippen molar-refractivity contribution in [1.29, 1.82) is 0 Å². The van der Waals surface area contributed by atoms with Crippen LogP contribution in [0.1, 0.15) is 22.9 Å². The van der Waals surface area contributed by atoms with Gasteiger partial charge < -0.3 is 10.5 Å². The van der Waals surface area contributed by atoms with Crippen molar-refractivity contribution in [2.24, 2.45) is 5.73 Å². The average molecular weight is 265 g/mol. The molecule has 0 aliphatic carbocycles. The standard InChI is InChI=1S/C14H16FNOS/c1-17-14-7-4-10(9-12(14)15)13(16)6-5-11-3-2-8-18-11/h2-4,7-9,13H,5-6,16H2,1H3. The molecule has 0 aliphatic heterocycles. The zero-order valence-electron chi connectivity index (χ0n) is 10.2. The van der Waals surface area contributed by atoms with Crippen LogP contribution in [0.5, 0.6) is 5.75 Å². The molecule has 0 amide bonds. The summed E-state index contributed by atoms with van der Waals surface area (Å²) in [4.78, 5) is 1.31. The molecule has 1 heterocycles. The van der Waals surface area contributed by atoms with Gasteiger partial charge >= 0.3 is 0 Å². The van der Waals surface area contributed by atoms with Gasteiger partial charge in [-0.15, -0.1) is 11.3 Å². The van der Waals surface area contributed by atoms with Crippen molar-refractivity contribution in [2.45, 2.75) is 18.9 Å². The van der Waals surface area contributed by atoms with Crippen LogP contribution in [0.2, 0.25) is 0 Å². The highest BCUT2D eigenvalue weighted by Gasteiger charge is 2.10. The number of thiophene rings is 1. The first-order valence-electron chi connectivity index (χ1n) is 5.82. The first-order valence-corrected chi connectivity index (χ1v) is 6.70. The van der Waals surface area contributed by atoms with Crippen LogP contribution in [0.15, 0.2) is 35.7 Å². The maximum atomic E-state index is 13.5. The van der Waals surface area contributed by atoms with E-state index in [1.807, 2.05) is 17.5 Å². The van der Waals surface area contributed by atoms with Crippen LogP contribution < -0.4 is 10.5 Å². The lowest BCUT2D eigenvalue weighted by molar-refractivity contribution is 0.385. The molecule has 18 heavy (non-hydrogen) atoms. The zero-order valence-corrected chi connectivity index (χ0v) is 11.0. The van der Waals surface area contributed by atoms with Crippen molar-refractivity contribution in [3.63, 3.8) is 0 Å². The summed E-state index contributed by atoms with van der Waals surface area (Å²) in [6, 6.07) is 8.87. The van der Waals surface area contributed by atoms with Crippen LogP contribution in [-0.4, -0.2) is 7.11 Å². The van der Waals surface area contributed by atoms with Crippen molar-refractivity contribution in [3.8, 4) is 5.75 Å². The fraction of sp³-hybridized carbons (Fsp3) is 0.286. The maximum Gasteiger partial charge on any atom is 0.165 e. The summed E-state index contributed by atoms with van der Waals surface area (Å²) in [6.07, 6.45) is 1.73. The summed E-state index contributed by atoms with van der Waals surface area (Å²) >= 11 is 1.72. The largest absolute Gasteiger partial charge is 0.494 e. The van der Waals surface area contributed by atoms with E-state index in [2.05, 4.69) is 6.07 Å². The molecule has 1 aromatic heterocycles. The van der Waals surface area contributed by atoms with E-state index < -0.39 is 0 Å². The van der Waals surface area contributed by atoms with E-state index in [1.54, 1.807) is 17.4 Å². The van der Waals surface area contributed by atoms with E-state index >= 15 is 0 Å². The molecule has 2 N–H and O–H groups in total. The van der Waals surface area contributed by atoms with Crippen LogP contribution in [0, 0.1) is 5.82 Å². The van der Waals surface area contributed by atoms with Crippen molar-refractivity contribution in [1.82, 2.24) is 0 Å². The number of hydrogen-bond acceptors (Lipinski definition) is 3. The first kappa shape index (κ1) is 13.1. The molecule has 2 nitrogen and oxygen atoms in total. The van der Waals surface area contributed by atoms with Gasteiger partial charge in [-0.05, 0) is 42.0 Å². The minimum absolute atomic E-state index is 0.146. The van der Waals surface area contributed by atoms with Gasteiger partial charge in [0, 0.05) is 10.9 Å². The second kappa shape index (κ2) is 5.98. The smallest absolute Gasteiger partial charge is 0.165 e. The second-order valence-electron chi connectivity index (χ2n) is 4.12. The summed E-state index contributed by atoms with van der Waals surface area (Å²) < 4.78 is 18.4. The number of aryl methyl sites for hydroxylation is 1. The summed E-state index contributed by atoms with van der Waals surface area (Å²) in [5, 5.41) is 2.05. The molecule has 0 spiro atoms. The van der Waals surface area contributed by atoms with Crippen molar-refractivity contribution in [3.05, 3.63) is 52.0 Å². The lowest BCUT2D eigenvalue weighted by Crippen LogP contribution is -2.11. The Morgan fingerprint density at radius 2 is 2.22 bits per heavy atom. The van der Waals surface area contributed by atoms with E-state index in [0.717, 1.165) is 18.4 Å². The van der Waals surface area contributed by atoms with E-state index in [4.69, 9.17) is 10.5 Å². The number of ether oxygens (including phenoxy) is 1. The number of hydrogen-bond donors (Lipinski definition) is 1. The third-order valence-electron chi connectivity index (χ3n) is 2.89. The highest BCUT2D eigenvalue weighted by atomic mass is 32.1. The third-order valence-corrected chi connectivity index (χ3v) is 3.82. The normalized spacial score (nSPS) is 12.4. The van der Waals surface area contributed by atoms with Gasteiger partial charge in [0.2, 0.25) is 0 Å². The van der Waals surface area contributed by atoms with Gasteiger partial charge in [-0.3, -0.25) is 0 Å². The first-order chi connectivity index (χ1) is 8.70. The predicted octanol–water partition coefficient (Wildman–Crippen LogP) is 3.53. The van der Waals surface area contributed by atoms with Crippen molar-refractivity contribution in [2.75, 3.05) is 7.11 Å². The number of benzene rings is 1. The van der Waals surface area contributed by atoms with Crippen LogP contribution in [0.3, 0.4) is 0 Å². The number of rotatable bonds is 5. The molecular formula is C14H16FNOS. The van der Waals surface area contributed by atoms with E-state index in [9.17, 15) is 4.39 Å². The SMILES string of the molecule is COc1ccc(C(N)CCc2cccs2)cc1F. The molecule has 1 atom stereocenters. The lowest BCUT2D eigenvalue weighted by atomic mass is 10.0. The molecule has 2 rings (SSSR count). The van der Waals surface area contributed by atoms with Gasteiger partial charge in [-0.2, -0.15) is 0 Å². The Morgan fingerprint density at radius 3 is 2.83 bits per heavy atom. The Balaban J connectivity index is 2.00. The highest BCUT2D eigenvalue weighted by molar-refractivity contribution is 7.09. The number of halogens is 1. The summed E-state index contributed by atoms with van der Waals surface area (Å²) in [5.74, 6) is -0.106. The molecule has 0 bridgehead atoms. The molecule has 96 valence electrons. The molecular weight excluding hydrogens is 249 g/mol. The number of methoxy groups -OCH3 is 1. The monoisotopic (exact) mass is 265 g/mol. The molecule has 2 aromatic rings. The topological polar surface area (TPSA) is 35.2 Å².